The standard InChI is InChI=1S/C7H10N4O/c1-11(5-2-3-5)7(12)6-4-8-10-9-6/h4-5H,2-3H2,1H3,(H,8,9,10). The summed E-state index contributed by atoms with van der Waals surface area (Å²) < 4.78 is 0. The Morgan fingerprint density at radius 1 is 1.75 bits per heavy atom. The molecule has 0 radical (unpaired) electrons. The van der Waals surface area contributed by atoms with E-state index in [0.29, 0.717) is 11.7 Å². The Morgan fingerprint density at radius 2 is 2.50 bits per heavy atom. The number of nitrogens with zero attached hydrogens (tertiary/aromatic N) is 3. The summed E-state index contributed by atoms with van der Waals surface area (Å²) in [4.78, 5) is 13.2. The van der Waals surface area contributed by atoms with Crippen LogP contribution in [-0.4, -0.2) is 39.3 Å². The maximum atomic E-state index is 11.5. The minimum atomic E-state index is -0.0498. The number of carbonyl (C=O) groups excluding carboxylic acids is 1. The maximum absolute atomic E-state index is 11.5. The molecular weight excluding hydrogens is 156 g/mol. The Bertz CT molecular complexity index is 278. The third-order valence-electron chi connectivity index (χ3n) is 2.05. The fraction of sp³-hybridized carbons (Fsp3) is 0.571. The van der Waals surface area contributed by atoms with E-state index in [0.717, 1.165) is 12.8 Å². The van der Waals surface area contributed by atoms with Gasteiger partial charge in [0.2, 0.25) is 0 Å². The van der Waals surface area contributed by atoms with E-state index in [9.17, 15) is 4.79 Å². The summed E-state index contributed by atoms with van der Waals surface area (Å²) in [5.74, 6) is -0.0498. The maximum Gasteiger partial charge on any atom is 0.276 e. The van der Waals surface area contributed by atoms with Crippen LogP contribution in [0.2, 0.25) is 0 Å². The van der Waals surface area contributed by atoms with Crippen LogP contribution in [0.5, 0.6) is 0 Å². The molecule has 5 heteroatoms. The first kappa shape index (κ1) is 7.27. The molecule has 0 bridgehead atoms. The van der Waals surface area contributed by atoms with Crippen molar-refractivity contribution in [2.75, 3.05) is 7.05 Å². The molecule has 1 aromatic rings. The molecule has 12 heavy (non-hydrogen) atoms. The van der Waals surface area contributed by atoms with Crippen molar-refractivity contribution in [2.45, 2.75) is 18.9 Å². The van der Waals surface area contributed by atoms with E-state index in [1.807, 2.05) is 0 Å². The van der Waals surface area contributed by atoms with Gasteiger partial charge in [-0.1, -0.05) is 0 Å². The molecule has 1 aliphatic carbocycles. The number of hydrogen-bond acceptors (Lipinski definition) is 3. The van der Waals surface area contributed by atoms with Crippen LogP contribution >= 0.6 is 0 Å². The first-order valence-corrected chi connectivity index (χ1v) is 3.92. The molecule has 0 aliphatic heterocycles. The zero-order chi connectivity index (χ0) is 8.55. The second kappa shape index (κ2) is 2.58. The molecule has 1 amide bonds. The van der Waals surface area contributed by atoms with Gasteiger partial charge in [0.1, 0.15) is 0 Å². The van der Waals surface area contributed by atoms with E-state index in [1.54, 1.807) is 11.9 Å². The van der Waals surface area contributed by atoms with E-state index >= 15 is 0 Å². The van der Waals surface area contributed by atoms with Crippen molar-refractivity contribution >= 4 is 5.91 Å². The molecule has 0 spiro atoms. The number of amides is 1. The van der Waals surface area contributed by atoms with Crippen molar-refractivity contribution in [3.63, 3.8) is 0 Å². The summed E-state index contributed by atoms with van der Waals surface area (Å²) in [5, 5.41) is 9.72. The number of aromatic amines is 1. The topological polar surface area (TPSA) is 61.9 Å². The van der Waals surface area contributed by atoms with Crippen LogP contribution in [0.15, 0.2) is 6.20 Å². The highest BCUT2D eigenvalue weighted by Gasteiger charge is 2.30. The van der Waals surface area contributed by atoms with Crippen LogP contribution < -0.4 is 0 Å². The Balaban J connectivity index is 2.09. The highest BCUT2D eigenvalue weighted by molar-refractivity contribution is 5.92. The number of rotatable bonds is 2. The van der Waals surface area contributed by atoms with E-state index in [1.165, 1.54) is 6.20 Å². The molecule has 0 saturated heterocycles. The first-order valence-electron chi connectivity index (χ1n) is 3.92. The number of H-pyrrole nitrogens is 1. The zero-order valence-electron chi connectivity index (χ0n) is 6.82. The summed E-state index contributed by atoms with van der Waals surface area (Å²) >= 11 is 0. The molecular formula is C7H10N4O. The SMILES string of the molecule is CN(C(=O)c1cn[nH]n1)C1CC1. The molecule has 1 saturated carbocycles. The molecule has 1 heterocycles. The van der Waals surface area contributed by atoms with Crippen LogP contribution in [0.3, 0.4) is 0 Å². The van der Waals surface area contributed by atoms with Gasteiger partial charge in [-0.05, 0) is 12.8 Å². The molecule has 0 aromatic carbocycles. The van der Waals surface area contributed by atoms with Gasteiger partial charge in [0.15, 0.2) is 5.69 Å². The number of aromatic nitrogens is 3. The highest BCUT2D eigenvalue weighted by atomic mass is 16.2. The van der Waals surface area contributed by atoms with Gasteiger partial charge >= 0.3 is 0 Å². The number of carbonyl (C=O) groups is 1. The van der Waals surface area contributed by atoms with Gasteiger partial charge in [-0.2, -0.15) is 15.4 Å². The minimum absolute atomic E-state index is 0.0498. The first-order chi connectivity index (χ1) is 5.79. The Hall–Kier alpha value is -1.39. The summed E-state index contributed by atoms with van der Waals surface area (Å²) in [6.07, 6.45) is 3.67. The molecule has 1 N–H and O–H groups in total. The number of hydrogen-bond donors (Lipinski definition) is 1. The lowest BCUT2D eigenvalue weighted by Crippen LogP contribution is -2.28. The fourth-order valence-corrected chi connectivity index (χ4v) is 1.11. The molecule has 5 nitrogen and oxygen atoms in total. The van der Waals surface area contributed by atoms with Crippen LogP contribution in [-0.2, 0) is 0 Å². The van der Waals surface area contributed by atoms with Crippen LogP contribution in [0.4, 0.5) is 0 Å². The second-order valence-corrected chi connectivity index (χ2v) is 3.00. The molecule has 0 unspecified atom stereocenters. The lowest BCUT2D eigenvalue weighted by molar-refractivity contribution is 0.0779. The van der Waals surface area contributed by atoms with Gasteiger partial charge < -0.3 is 4.90 Å². The molecule has 1 aromatic heterocycles. The van der Waals surface area contributed by atoms with Gasteiger partial charge in [-0.25, -0.2) is 0 Å². The Kier molecular flexibility index (Phi) is 1.56. The van der Waals surface area contributed by atoms with Crippen molar-refractivity contribution in [2.24, 2.45) is 0 Å². The molecule has 64 valence electrons. The Morgan fingerprint density at radius 3 is 3.00 bits per heavy atom. The molecule has 0 atom stereocenters. The van der Waals surface area contributed by atoms with E-state index < -0.39 is 0 Å². The van der Waals surface area contributed by atoms with Gasteiger partial charge in [-0.15, -0.1) is 0 Å². The summed E-state index contributed by atoms with van der Waals surface area (Å²) in [6, 6.07) is 0.425. The molecule has 1 fully saturated rings. The van der Waals surface area contributed by atoms with Gasteiger partial charge in [0, 0.05) is 13.1 Å². The van der Waals surface area contributed by atoms with Crippen molar-refractivity contribution in [1.29, 1.82) is 0 Å². The third-order valence-corrected chi connectivity index (χ3v) is 2.05. The second-order valence-electron chi connectivity index (χ2n) is 3.00. The summed E-state index contributed by atoms with van der Waals surface area (Å²) in [6.45, 7) is 0. The van der Waals surface area contributed by atoms with Crippen molar-refractivity contribution in [1.82, 2.24) is 20.3 Å². The van der Waals surface area contributed by atoms with Crippen molar-refractivity contribution in [3.05, 3.63) is 11.9 Å². The normalized spacial score (nSPS) is 16.1. The fourth-order valence-electron chi connectivity index (χ4n) is 1.11. The molecule has 1 aliphatic rings. The zero-order valence-corrected chi connectivity index (χ0v) is 6.82. The van der Waals surface area contributed by atoms with E-state index in [2.05, 4.69) is 15.4 Å². The van der Waals surface area contributed by atoms with Crippen LogP contribution in [0.1, 0.15) is 23.3 Å². The predicted octanol–water partition coefficient (Wildman–Crippen LogP) is 0.0391. The lowest BCUT2D eigenvalue weighted by atomic mass is 10.4. The summed E-state index contributed by atoms with van der Waals surface area (Å²) in [7, 11) is 1.80. The van der Waals surface area contributed by atoms with Gasteiger partial charge in [0.05, 0.1) is 6.20 Å². The van der Waals surface area contributed by atoms with Gasteiger partial charge in [-0.3, -0.25) is 4.79 Å². The average Bonchev–Trinajstić information content (AvgIpc) is 2.79. The van der Waals surface area contributed by atoms with E-state index in [-0.39, 0.29) is 5.91 Å². The van der Waals surface area contributed by atoms with Gasteiger partial charge in [0.25, 0.3) is 5.91 Å². The van der Waals surface area contributed by atoms with Crippen molar-refractivity contribution in [3.8, 4) is 0 Å². The third kappa shape index (κ3) is 1.17. The largest absolute Gasteiger partial charge is 0.337 e. The molecule has 2 rings (SSSR count). The van der Waals surface area contributed by atoms with Crippen LogP contribution in [0.25, 0.3) is 0 Å². The quantitative estimate of drug-likeness (QED) is 0.674. The van der Waals surface area contributed by atoms with Crippen LogP contribution in [0, 0.1) is 0 Å². The lowest BCUT2D eigenvalue weighted by Gasteiger charge is -2.13. The smallest absolute Gasteiger partial charge is 0.276 e. The predicted molar refractivity (Wildman–Crippen MR) is 41.5 cm³/mol. The van der Waals surface area contributed by atoms with E-state index in [4.69, 9.17) is 0 Å². The minimum Gasteiger partial charge on any atom is -0.337 e. The number of nitrogens with one attached hydrogen (secondary N) is 1. The Labute approximate surface area is 69.8 Å². The summed E-state index contributed by atoms with van der Waals surface area (Å²) in [5.41, 5.74) is 0.393. The monoisotopic (exact) mass is 166 g/mol. The average molecular weight is 166 g/mol. The van der Waals surface area contributed by atoms with Crippen molar-refractivity contribution < 1.29 is 4.79 Å². The highest BCUT2D eigenvalue weighted by Crippen LogP contribution is 2.26.